The number of halogens is 1. The second-order valence-electron chi connectivity index (χ2n) is 8.89. The largest absolute Gasteiger partial charge is 0.494 e. The van der Waals surface area contributed by atoms with Gasteiger partial charge in [-0.3, -0.25) is 14.4 Å². The first-order valence-electron chi connectivity index (χ1n) is 12.0. The Kier molecular flexibility index (Phi) is 7.94. The van der Waals surface area contributed by atoms with Crippen molar-refractivity contribution in [3.63, 3.8) is 0 Å². The maximum absolute atomic E-state index is 13.0. The highest BCUT2D eigenvalue weighted by Crippen LogP contribution is 2.31. The van der Waals surface area contributed by atoms with E-state index in [0.717, 1.165) is 16.2 Å². The SMILES string of the molecule is CCOc1ccc(N2C(=O)C(Cl)=C(Nc3ccc(CC(=O)Nc4ccc(C(C)C)cc4)cc3)C2=O)cc1. The highest BCUT2D eigenvalue weighted by Gasteiger charge is 2.38. The van der Waals surface area contributed by atoms with Gasteiger partial charge in [-0.25, -0.2) is 4.90 Å². The topological polar surface area (TPSA) is 87.7 Å². The lowest BCUT2D eigenvalue weighted by atomic mass is 10.0. The molecule has 4 rings (SSSR count). The number of ether oxygens (including phenoxy) is 1. The molecule has 0 bridgehead atoms. The van der Waals surface area contributed by atoms with E-state index in [-0.39, 0.29) is 23.1 Å². The van der Waals surface area contributed by atoms with Crippen molar-refractivity contribution in [2.24, 2.45) is 0 Å². The third-order valence-corrected chi connectivity index (χ3v) is 6.23. The van der Waals surface area contributed by atoms with Gasteiger partial charge in [0.25, 0.3) is 11.8 Å². The van der Waals surface area contributed by atoms with Gasteiger partial charge >= 0.3 is 0 Å². The van der Waals surface area contributed by atoms with Gasteiger partial charge in [0.1, 0.15) is 16.5 Å². The number of hydrogen-bond acceptors (Lipinski definition) is 5. The van der Waals surface area contributed by atoms with Gasteiger partial charge < -0.3 is 15.4 Å². The van der Waals surface area contributed by atoms with Crippen LogP contribution < -0.4 is 20.3 Å². The summed E-state index contributed by atoms with van der Waals surface area (Å²) < 4.78 is 5.41. The van der Waals surface area contributed by atoms with E-state index >= 15 is 0 Å². The molecule has 0 aliphatic carbocycles. The fourth-order valence-corrected chi connectivity index (χ4v) is 4.11. The molecule has 0 saturated heterocycles. The summed E-state index contributed by atoms with van der Waals surface area (Å²) in [7, 11) is 0. The maximum atomic E-state index is 13.0. The van der Waals surface area contributed by atoms with E-state index in [9.17, 15) is 14.4 Å². The molecule has 37 heavy (non-hydrogen) atoms. The van der Waals surface area contributed by atoms with Gasteiger partial charge in [-0.2, -0.15) is 0 Å². The molecule has 1 heterocycles. The second-order valence-corrected chi connectivity index (χ2v) is 9.26. The van der Waals surface area contributed by atoms with Gasteiger partial charge in [0, 0.05) is 11.4 Å². The lowest BCUT2D eigenvalue weighted by Crippen LogP contribution is -2.32. The molecule has 1 aliphatic heterocycles. The summed E-state index contributed by atoms with van der Waals surface area (Å²) in [5.74, 6) is -0.221. The van der Waals surface area contributed by atoms with E-state index in [0.29, 0.717) is 29.6 Å². The summed E-state index contributed by atoms with van der Waals surface area (Å²) >= 11 is 6.23. The van der Waals surface area contributed by atoms with Crippen molar-refractivity contribution in [1.82, 2.24) is 0 Å². The minimum atomic E-state index is -0.604. The Morgan fingerprint density at radius 1 is 0.892 bits per heavy atom. The third-order valence-electron chi connectivity index (χ3n) is 5.88. The Morgan fingerprint density at radius 2 is 1.51 bits per heavy atom. The number of anilines is 3. The van der Waals surface area contributed by atoms with Crippen LogP contribution in [0.5, 0.6) is 5.75 Å². The Labute approximate surface area is 221 Å². The number of nitrogens with one attached hydrogen (secondary N) is 2. The highest BCUT2D eigenvalue weighted by atomic mass is 35.5. The van der Waals surface area contributed by atoms with E-state index in [1.54, 1.807) is 48.5 Å². The van der Waals surface area contributed by atoms with Crippen LogP contribution in [0.2, 0.25) is 0 Å². The molecule has 3 aromatic carbocycles. The summed E-state index contributed by atoms with van der Waals surface area (Å²) in [6, 6.07) is 21.5. The van der Waals surface area contributed by atoms with Crippen molar-refractivity contribution in [3.8, 4) is 5.75 Å². The summed E-state index contributed by atoms with van der Waals surface area (Å²) in [6.45, 7) is 6.62. The summed E-state index contributed by atoms with van der Waals surface area (Å²) in [6.07, 6.45) is 0.193. The summed E-state index contributed by atoms with van der Waals surface area (Å²) in [5, 5.41) is 5.66. The maximum Gasteiger partial charge on any atom is 0.283 e. The Hall–Kier alpha value is -4.10. The van der Waals surface area contributed by atoms with Gasteiger partial charge in [0.05, 0.1) is 18.7 Å². The second kappa shape index (κ2) is 11.3. The molecule has 0 atom stereocenters. The fraction of sp³-hybridized carbons (Fsp3) is 0.207. The van der Waals surface area contributed by atoms with Crippen LogP contribution in [0.25, 0.3) is 0 Å². The van der Waals surface area contributed by atoms with E-state index in [1.807, 2.05) is 31.2 Å². The average Bonchev–Trinajstić information content (AvgIpc) is 3.09. The van der Waals surface area contributed by atoms with Crippen LogP contribution in [-0.4, -0.2) is 24.3 Å². The Balaban J connectivity index is 1.38. The number of amides is 3. The molecule has 3 aromatic rings. The monoisotopic (exact) mass is 517 g/mol. The van der Waals surface area contributed by atoms with Crippen LogP contribution in [0.1, 0.15) is 37.8 Å². The first-order valence-corrected chi connectivity index (χ1v) is 12.4. The summed E-state index contributed by atoms with van der Waals surface area (Å²) in [5.41, 5.74) is 3.71. The molecule has 7 nitrogen and oxygen atoms in total. The van der Waals surface area contributed by atoms with Crippen LogP contribution in [0.4, 0.5) is 17.1 Å². The van der Waals surface area contributed by atoms with Crippen molar-refractivity contribution >= 4 is 46.4 Å². The average molecular weight is 518 g/mol. The van der Waals surface area contributed by atoms with Crippen molar-refractivity contribution in [1.29, 1.82) is 0 Å². The van der Waals surface area contributed by atoms with Crippen LogP contribution >= 0.6 is 11.6 Å². The zero-order valence-electron chi connectivity index (χ0n) is 20.9. The quantitative estimate of drug-likeness (QED) is 0.349. The molecule has 190 valence electrons. The lowest BCUT2D eigenvalue weighted by molar-refractivity contribution is -0.120. The molecular formula is C29H28ClN3O4. The minimum absolute atomic E-state index is 0.00381. The predicted molar refractivity (Wildman–Crippen MR) is 146 cm³/mol. The molecule has 0 spiro atoms. The highest BCUT2D eigenvalue weighted by molar-refractivity contribution is 6.53. The van der Waals surface area contributed by atoms with Gasteiger partial charge in [-0.05, 0) is 72.5 Å². The number of hydrogen-bond donors (Lipinski definition) is 2. The number of nitrogens with zero attached hydrogens (tertiary/aromatic N) is 1. The van der Waals surface area contributed by atoms with Gasteiger partial charge in [-0.15, -0.1) is 0 Å². The first-order chi connectivity index (χ1) is 17.8. The predicted octanol–water partition coefficient (Wildman–Crippen LogP) is 5.83. The van der Waals surface area contributed by atoms with Crippen LogP contribution in [0.15, 0.2) is 83.5 Å². The number of carbonyl (C=O) groups is 3. The molecule has 2 N–H and O–H groups in total. The molecular weight excluding hydrogens is 490 g/mol. The van der Waals surface area contributed by atoms with E-state index in [4.69, 9.17) is 16.3 Å². The third kappa shape index (κ3) is 6.01. The van der Waals surface area contributed by atoms with Crippen molar-refractivity contribution < 1.29 is 19.1 Å². The Morgan fingerprint density at radius 3 is 2.11 bits per heavy atom. The molecule has 8 heteroatoms. The van der Waals surface area contributed by atoms with Crippen LogP contribution in [0.3, 0.4) is 0 Å². The standard InChI is InChI=1S/C29H28ClN3O4/c1-4-37-24-15-13-23(14-16-24)33-28(35)26(30)27(29(33)36)32-22-9-5-19(6-10-22)17-25(34)31-21-11-7-20(8-12-21)18(2)3/h5-16,18,32H,4,17H2,1-3H3,(H,31,34). The van der Waals surface area contributed by atoms with Crippen molar-refractivity contribution in [3.05, 3.63) is 94.7 Å². The number of benzene rings is 3. The molecule has 0 saturated carbocycles. The van der Waals surface area contributed by atoms with Crippen molar-refractivity contribution in [2.75, 3.05) is 22.1 Å². The molecule has 0 aromatic heterocycles. The first kappa shape index (κ1) is 26.0. The smallest absolute Gasteiger partial charge is 0.283 e. The zero-order valence-corrected chi connectivity index (χ0v) is 21.6. The molecule has 3 amide bonds. The molecule has 0 fully saturated rings. The van der Waals surface area contributed by atoms with E-state index in [1.165, 1.54) is 5.56 Å². The van der Waals surface area contributed by atoms with Crippen LogP contribution in [0, 0.1) is 0 Å². The molecule has 0 unspecified atom stereocenters. The minimum Gasteiger partial charge on any atom is -0.494 e. The normalized spacial score (nSPS) is 13.4. The van der Waals surface area contributed by atoms with E-state index < -0.39 is 11.8 Å². The lowest BCUT2D eigenvalue weighted by Gasteiger charge is -2.15. The number of rotatable bonds is 9. The fourth-order valence-electron chi connectivity index (χ4n) is 3.90. The number of imide groups is 1. The number of carbonyl (C=O) groups excluding carboxylic acids is 3. The molecule has 1 aliphatic rings. The van der Waals surface area contributed by atoms with Gasteiger partial charge in [0.15, 0.2) is 0 Å². The molecule has 0 radical (unpaired) electrons. The van der Waals surface area contributed by atoms with Gasteiger partial charge in [0.2, 0.25) is 5.91 Å². The summed E-state index contributed by atoms with van der Waals surface area (Å²) in [4.78, 5) is 39.2. The van der Waals surface area contributed by atoms with Gasteiger partial charge in [-0.1, -0.05) is 49.7 Å². The Bertz CT molecular complexity index is 1330. The van der Waals surface area contributed by atoms with Crippen molar-refractivity contribution in [2.45, 2.75) is 33.1 Å². The van der Waals surface area contributed by atoms with E-state index in [2.05, 4.69) is 24.5 Å². The van der Waals surface area contributed by atoms with Crippen LogP contribution in [-0.2, 0) is 20.8 Å². The zero-order chi connectivity index (χ0) is 26.5.